The molecule has 3 rings (SSSR count). The molecule has 204 valence electrons. The third-order valence-corrected chi connectivity index (χ3v) is 7.22. The predicted molar refractivity (Wildman–Crippen MR) is 139 cm³/mol. The summed E-state index contributed by atoms with van der Waals surface area (Å²) < 4.78 is 50.1. The van der Waals surface area contributed by atoms with E-state index >= 15 is 0 Å². The molecule has 2 aromatic carbocycles. The van der Waals surface area contributed by atoms with Crippen molar-refractivity contribution < 1.29 is 27.3 Å². The molecule has 0 spiro atoms. The van der Waals surface area contributed by atoms with Gasteiger partial charge in [-0.1, -0.05) is 26.8 Å². The third kappa shape index (κ3) is 6.53. The number of hydrogen-bond donors (Lipinski definition) is 2. The van der Waals surface area contributed by atoms with Crippen LogP contribution in [0.5, 0.6) is 11.6 Å². The first kappa shape index (κ1) is 28.7. The molecule has 0 fully saturated rings. The number of nitro groups is 1. The summed E-state index contributed by atoms with van der Waals surface area (Å²) in [6.07, 6.45) is 0.477. The maximum absolute atomic E-state index is 14.1. The Morgan fingerprint density at radius 2 is 1.92 bits per heavy atom. The Bertz CT molecular complexity index is 1450. The van der Waals surface area contributed by atoms with E-state index in [1.807, 2.05) is 13.8 Å². The molecular weight excluding hydrogens is 517 g/mol. The summed E-state index contributed by atoms with van der Waals surface area (Å²) in [5.74, 6) is -1.18. The number of halogens is 1. The standard InChI is InChI=1S/C25H30FN5O6S/c1-6-16(4)29-38(35,36)22-13-20(31(33)34)10-11-21(22)37-25-17(5)23(24(32)27-14-15(2)3)28-30(25)19-9-7-8-18(26)12-19/h7-13,15-16,29H,6,14H2,1-5H3,(H,27,32)/t16-/m1/s1. The van der Waals surface area contributed by atoms with Crippen LogP contribution >= 0.6 is 0 Å². The number of nitrogens with one attached hydrogen (secondary N) is 2. The molecule has 0 unspecified atom stereocenters. The maximum Gasteiger partial charge on any atom is 0.272 e. The molecule has 2 N–H and O–H groups in total. The molecule has 3 aromatic rings. The summed E-state index contributed by atoms with van der Waals surface area (Å²) in [5, 5.41) is 18.5. The van der Waals surface area contributed by atoms with Gasteiger partial charge in [-0.15, -0.1) is 0 Å². The van der Waals surface area contributed by atoms with Gasteiger partial charge in [-0.3, -0.25) is 14.9 Å². The number of nitro benzene ring substituents is 1. The van der Waals surface area contributed by atoms with Gasteiger partial charge in [0.15, 0.2) is 5.69 Å². The second-order valence-corrected chi connectivity index (χ2v) is 10.9. The SMILES string of the molecule is CC[C@@H](C)NS(=O)(=O)c1cc([N+](=O)[O-])ccc1Oc1c(C)c(C(=O)NCC(C)C)nn1-c1cccc(F)c1. The van der Waals surface area contributed by atoms with Crippen LogP contribution in [0.2, 0.25) is 0 Å². The lowest BCUT2D eigenvalue weighted by Crippen LogP contribution is -2.32. The average molecular weight is 548 g/mol. The minimum Gasteiger partial charge on any atom is -0.437 e. The van der Waals surface area contributed by atoms with Gasteiger partial charge in [-0.05, 0) is 50.5 Å². The molecule has 1 amide bonds. The highest BCUT2D eigenvalue weighted by Gasteiger charge is 2.28. The number of carbonyl (C=O) groups excluding carboxylic acids is 1. The van der Waals surface area contributed by atoms with Crippen molar-refractivity contribution >= 4 is 21.6 Å². The lowest BCUT2D eigenvalue weighted by Gasteiger charge is -2.16. The molecule has 1 aromatic heterocycles. The number of benzene rings is 2. The van der Waals surface area contributed by atoms with E-state index in [0.717, 1.165) is 18.2 Å². The van der Waals surface area contributed by atoms with Crippen molar-refractivity contribution in [2.45, 2.75) is 52.0 Å². The number of hydrogen-bond acceptors (Lipinski definition) is 7. The van der Waals surface area contributed by atoms with E-state index in [4.69, 9.17) is 4.74 Å². The first-order valence-corrected chi connectivity index (χ1v) is 13.4. The number of amides is 1. The average Bonchev–Trinajstić information content (AvgIpc) is 3.18. The lowest BCUT2D eigenvalue weighted by atomic mass is 10.2. The van der Waals surface area contributed by atoms with E-state index in [1.54, 1.807) is 20.8 Å². The van der Waals surface area contributed by atoms with Crippen LogP contribution in [0.15, 0.2) is 47.4 Å². The highest BCUT2D eigenvalue weighted by atomic mass is 32.2. The van der Waals surface area contributed by atoms with Gasteiger partial charge in [0.2, 0.25) is 15.9 Å². The van der Waals surface area contributed by atoms with Crippen molar-refractivity contribution in [2.75, 3.05) is 6.54 Å². The van der Waals surface area contributed by atoms with Crippen LogP contribution in [0.4, 0.5) is 10.1 Å². The number of non-ortho nitro benzene ring substituents is 1. The van der Waals surface area contributed by atoms with Crippen LogP contribution in [-0.2, 0) is 10.0 Å². The minimum absolute atomic E-state index is 0.00559. The summed E-state index contributed by atoms with van der Waals surface area (Å²) in [7, 11) is -4.25. The number of ether oxygens (including phenoxy) is 1. The largest absolute Gasteiger partial charge is 0.437 e. The van der Waals surface area contributed by atoms with Gasteiger partial charge >= 0.3 is 0 Å². The van der Waals surface area contributed by atoms with E-state index in [2.05, 4.69) is 15.1 Å². The number of nitrogens with zero attached hydrogens (tertiary/aromatic N) is 3. The minimum atomic E-state index is -4.25. The lowest BCUT2D eigenvalue weighted by molar-refractivity contribution is -0.385. The molecular formula is C25H30FN5O6S. The second-order valence-electron chi connectivity index (χ2n) is 9.20. The monoisotopic (exact) mass is 547 g/mol. The summed E-state index contributed by atoms with van der Waals surface area (Å²) in [4.78, 5) is 23.1. The Morgan fingerprint density at radius 1 is 1.21 bits per heavy atom. The summed E-state index contributed by atoms with van der Waals surface area (Å²) in [5.41, 5.74) is 0.0158. The van der Waals surface area contributed by atoms with Crippen LogP contribution in [0.3, 0.4) is 0 Å². The fraction of sp³-hybridized carbons (Fsp3) is 0.360. The topological polar surface area (TPSA) is 145 Å². The van der Waals surface area contributed by atoms with Crippen molar-refractivity contribution in [3.8, 4) is 17.3 Å². The van der Waals surface area contributed by atoms with Crippen LogP contribution < -0.4 is 14.8 Å². The Morgan fingerprint density at radius 3 is 2.53 bits per heavy atom. The first-order chi connectivity index (χ1) is 17.8. The highest BCUT2D eigenvalue weighted by molar-refractivity contribution is 7.89. The Kier molecular flexibility index (Phi) is 8.84. The zero-order chi connectivity index (χ0) is 28.2. The summed E-state index contributed by atoms with van der Waals surface area (Å²) >= 11 is 0. The molecule has 0 saturated heterocycles. The second kappa shape index (κ2) is 11.7. The van der Waals surface area contributed by atoms with Gasteiger partial charge in [-0.25, -0.2) is 17.5 Å². The molecule has 0 aliphatic rings. The molecule has 0 aliphatic heterocycles. The maximum atomic E-state index is 14.1. The van der Waals surface area contributed by atoms with Crippen LogP contribution in [0.1, 0.15) is 50.2 Å². The number of carbonyl (C=O) groups is 1. The molecule has 1 heterocycles. The third-order valence-electron chi connectivity index (χ3n) is 5.61. The molecule has 0 radical (unpaired) electrons. The zero-order valence-electron chi connectivity index (χ0n) is 21.7. The number of rotatable bonds is 11. The normalized spacial score (nSPS) is 12.4. The zero-order valence-corrected chi connectivity index (χ0v) is 22.5. The van der Waals surface area contributed by atoms with Crippen LogP contribution in [0, 0.1) is 28.8 Å². The number of aromatic nitrogens is 2. The first-order valence-electron chi connectivity index (χ1n) is 12.0. The molecule has 0 saturated carbocycles. The van der Waals surface area contributed by atoms with Gasteiger partial charge in [-0.2, -0.15) is 9.78 Å². The van der Waals surface area contributed by atoms with Crippen LogP contribution in [-0.4, -0.2) is 41.6 Å². The summed E-state index contributed by atoms with van der Waals surface area (Å²) in [6, 6.07) is 8.09. The molecule has 13 heteroatoms. The van der Waals surface area contributed by atoms with Gasteiger partial charge in [0.1, 0.15) is 16.5 Å². The molecule has 0 aliphatic carbocycles. The Hall–Kier alpha value is -3.84. The van der Waals surface area contributed by atoms with E-state index in [-0.39, 0.29) is 34.5 Å². The van der Waals surface area contributed by atoms with Crippen molar-refractivity contribution in [2.24, 2.45) is 5.92 Å². The van der Waals surface area contributed by atoms with Gasteiger partial charge in [0.05, 0.1) is 10.6 Å². The van der Waals surface area contributed by atoms with Crippen LogP contribution in [0.25, 0.3) is 5.69 Å². The van der Waals surface area contributed by atoms with Crippen molar-refractivity contribution in [1.82, 2.24) is 19.8 Å². The quantitative estimate of drug-likeness (QED) is 0.266. The van der Waals surface area contributed by atoms with E-state index in [0.29, 0.717) is 13.0 Å². The Balaban J connectivity index is 2.19. The van der Waals surface area contributed by atoms with Gasteiger partial charge < -0.3 is 10.1 Å². The van der Waals surface area contributed by atoms with Crippen molar-refractivity contribution in [1.29, 1.82) is 0 Å². The smallest absolute Gasteiger partial charge is 0.272 e. The number of sulfonamides is 1. The molecule has 0 bridgehead atoms. The Labute approximate surface area is 220 Å². The molecule has 11 nitrogen and oxygen atoms in total. The van der Waals surface area contributed by atoms with Crippen molar-refractivity contribution in [3.05, 3.63) is 69.7 Å². The van der Waals surface area contributed by atoms with Gasteiger partial charge in [0, 0.05) is 30.3 Å². The van der Waals surface area contributed by atoms with Crippen molar-refractivity contribution in [3.63, 3.8) is 0 Å². The van der Waals surface area contributed by atoms with Gasteiger partial charge in [0.25, 0.3) is 11.6 Å². The van der Waals surface area contributed by atoms with E-state index < -0.39 is 43.3 Å². The van der Waals surface area contributed by atoms with E-state index in [1.165, 1.54) is 28.9 Å². The summed E-state index contributed by atoms with van der Waals surface area (Å²) in [6.45, 7) is 9.23. The predicted octanol–water partition coefficient (Wildman–Crippen LogP) is 4.48. The molecule has 1 atom stereocenters. The van der Waals surface area contributed by atoms with E-state index in [9.17, 15) is 27.7 Å². The highest BCUT2D eigenvalue weighted by Crippen LogP contribution is 2.36. The fourth-order valence-corrected chi connectivity index (χ4v) is 4.87. The fourth-order valence-electron chi connectivity index (χ4n) is 3.40. The molecule has 38 heavy (non-hydrogen) atoms.